The molecule has 0 saturated carbocycles. The van der Waals surface area contributed by atoms with Gasteiger partial charge in [-0.05, 0) is 45.0 Å². The topological polar surface area (TPSA) is 97.3 Å². The smallest absolute Gasteiger partial charge is 0.253 e. The standard InChI is InChI=1S/C30H31N5O3S/c1-7-35(6)27(36)20-11-9-19(10-12-20)23-15-14-22-24(21-13-8-17(2)32-25(21)38-26(22)33-23)30(4,5)28(37)34-29-31-16-18(3)39-29/h8-16,24H,7H2,1-6H3,(H,31,34,37)/t24-/m0/s1. The highest BCUT2D eigenvalue weighted by Crippen LogP contribution is 2.51. The Morgan fingerprint density at radius 1 is 1.00 bits per heavy atom. The zero-order valence-electron chi connectivity index (χ0n) is 22.9. The van der Waals surface area contributed by atoms with E-state index < -0.39 is 5.41 Å². The second-order valence-corrected chi connectivity index (χ2v) is 11.6. The molecule has 200 valence electrons. The molecular weight excluding hydrogens is 510 g/mol. The number of carbonyl (C=O) groups excluding carboxylic acids is 2. The maximum absolute atomic E-state index is 13.6. The van der Waals surface area contributed by atoms with Crippen molar-refractivity contribution in [3.8, 4) is 23.0 Å². The van der Waals surface area contributed by atoms with Gasteiger partial charge >= 0.3 is 0 Å². The van der Waals surface area contributed by atoms with E-state index in [0.717, 1.165) is 27.3 Å². The highest BCUT2D eigenvalue weighted by Gasteiger charge is 2.45. The molecule has 4 heterocycles. The van der Waals surface area contributed by atoms with Crippen molar-refractivity contribution in [3.05, 3.63) is 82.0 Å². The number of hydrogen-bond donors (Lipinski definition) is 1. The number of pyridine rings is 2. The molecule has 1 aromatic carbocycles. The van der Waals surface area contributed by atoms with E-state index >= 15 is 0 Å². The summed E-state index contributed by atoms with van der Waals surface area (Å²) >= 11 is 1.44. The van der Waals surface area contributed by atoms with Crippen LogP contribution in [0.1, 0.15) is 58.7 Å². The van der Waals surface area contributed by atoms with Gasteiger partial charge in [0.1, 0.15) is 0 Å². The van der Waals surface area contributed by atoms with Crippen LogP contribution in [0.5, 0.6) is 11.8 Å². The zero-order valence-corrected chi connectivity index (χ0v) is 23.7. The van der Waals surface area contributed by atoms with Crippen molar-refractivity contribution in [2.45, 2.75) is 40.5 Å². The summed E-state index contributed by atoms with van der Waals surface area (Å²) in [6.07, 6.45) is 1.75. The van der Waals surface area contributed by atoms with E-state index in [0.29, 0.717) is 34.7 Å². The third-order valence-electron chi connectivity index (χ3n) is 7.13. The summed E-state index contributed by atoms with van der Waals surface area (Å²) in [6.45, 7) is 10.3. The third kappa shape index (κ3) is 5.02. The van der Waals surface area contributed by atoms with Gasteiger partial charge in [0.15, 0.2) is 5.13 Å². The molecule has 0 spiro atoms. The predicted octanol–water partition coefficient (Wildman–Crippen LogP) is 6.21. The number of benzene rings is 1. The van der Waals surface area contributed by atoms with Gasteiger partial charge in [-0.2, -0.15) is 0 Å². The maximum atomic E-state index is 13.6. The molecule has 0 unspecified atom stereocenters. The van der Waals surface area contributed by atoms with Gasteiger partial charge in [-0.1, -0.05) is 38.1 Å². The average molecular weight is 542 g/mol. The van der Waals surface area contributed by atoms with Gasteiger partial charge in [-0.3, -0.25) is 9.59 Å². The maximum Gasteiger partial charge on any atom is 0.253 e. The van der Waals surface area contributed by atoms with Crippen LogP contribution in [-0.4, -0.2) is 45.3 Å². The van der Waals surface area contributed by atoms with Crippen LogP contribution < -0.4 is 10.1 Å². The number of aryl methyl sites for hydroxylation is 2. The van der Waals surface area contributed by atoms with E-state index in [2.05, 4.69) is 15.3 Å². The van der Waals surface area contributed by atoms with Crippen molar-refractivity contribution >= 4 is 28.3 Å². The fraction of sp³-hybridized carbons (Fsp3) is 0.300. The lowest BCUT2D eigenvalue weighted by Gasteiger charge is -2.37. The van der Waals surface area contributed by atoms with Crippen molar-refractivity contribution in [2.75, 3.05) is 18.9 Å². The lowest BCUT2D eigenvalue weighted by Crippen LogP contribution is -2.38. The summed E-state index contributed by atoms with van der Waals surface area (Å²) in [5.41, 5.74) is 3.75. The summed E-state index contributed by atoms with van der Waals surface area (Å²) in [6, 6.07) is 15.2. The molecule has 0 radical (unpaired) electrons. The number of anilines is 1. The molecule has 0 saturated heterocycles. The summed E-state index contributed by atoms with van der Waals surface area (Å²) in [5, 5.41) is 3.56. The van der Waals surface area contributed by atoms with Gasteiger partial charge in [-0.15, -0.1) is 11.3 Å². The molecule has 2 amide bonds. The first kappa shape index (κ1) is 26.5. The molecule has 3 aromatic heterocycles. The Balaban J connectivity index is 1.52. The van der Waals surface area contributed by atoms with Crippen molar-refractivity contribution in [1.82, 2.24) is 19.9 Å². The highest BCUT2D eigenvalue weighted by atomic mass is 32.1. The summed E-state index contributed by atoms with van der Waals surface area (Å²) < 4.78 is 6.23. The second kappa shape index (κ2) is 10.2. The normalized spacial score (nSPS) is 14.2. The van der Waals surface area contributed by atoms with Crippen LogP contribution in [0.3, 0.4) is 0 Å². The Morgan fingerprint density at radius 3 is 2.31 bits per heavy atom. The Bertz CT molecular complexity index is 1560. The molecule has 5 rings (SSSR count). The molecular formula is C30H31N5O3S. The first-order valence-corrected chi connectivity index (χ1v) is 13.7. The Labute approximate surface area is 232 Å². The predicted molar refractivity (Wildman–Crippen MR) is 152 cm³/mol. The van der Waals surface area contributed by atoms with Crippen LogP contribution in [0.2, 0.25) is 0 Å². The largest absolute Gasteiger partial charge is 0.420 e. The highest BCUT2D eigenvalue weighted by molar-refractivity contribution is 7.15. The van der Waals surface area contributed by atoms with Crippen molar-refractivity contribution < 1.29 is 14.3 Å². The molecule has 0 fully saturated rings. The third-order valence-corrected chi connectivity index (χ3v) is 7.96. The van der Waals surface area contributed by atoms with Crippen LogP contribution in [0.4, 0.5) is 5.13 Å². The molecule has 1 N–H and O–H groups in total. The van der Waals surface area contributed by atoms with Gasteiger partial charge in [-0.25, -0.2) is 15.0 Å². The number of nitrogens with zero attached hydrogens (tertiary/aromatic N) is 4. The number of amides is 2. The lowest BCUT2D eigenvalue weighted by atomic mass is 9.70. The average Bonchev–Trinajstić information content (AvgIpc) is 3.34. The molecule has 0 bridgehead atoms. The van der Waals surface area contributed by atoms with E-state index in [1.807, 2.05) is 83.1 Å². The monoisotopic (exact) mass is 541 g/mol. The molecule has 39 heavy (non-hydrogen) atoms. The molecule has 1 atom stereocenters. The number of hydrogen-bond acceptors (Lipinski definition) is 7. The second-order valence-electron chi connectivity index (χ2n) is 10.3. The Hall–Kier alpha value is -4.11. The van der Waals surface area contributed by atoms with E-state index in [1.54, 1.807) is 18.1 Å². The molecule has 1 aliphatic heterocycles. The first-order valence-electron chi connectivity index (χ1n) is 12.8. The summed E-state index contributed by atoms with van der Waals surface area (Å²) in [7, 11) is 1.78. The molecule has 4 aromatic rings. The number of fused-ring (bicyclic) bond motifs is 2. The van der Waals surface area contributed by atoms with Gasteiger partial charge in [0.05, 0.1) is 11.1 Å². The minimum Gasteiger partial charge on any atom is -0.420 e. The number of thiazole rings is 1. The van der Waals surface area contributed by atoms with Crippen LogP contribution in [0.25, 0.3) is 11.3 Å². The fourth-order valence-corrected chi connectivity index (χ4v) is 5.40. The van der Waals surface area contributed by atoms with E-state index in [9.17, 15) is 9.59 Å². The number of carbonyl (C=O) groups is 2. The number of aromatic nitrogens is 3. The van der Waals surface area contributed by atoms with Crippen molar-refractivity contribution in [2.24, 2.45) is 5.41 Å². The van der Waals surface area contributed by atoms with Crippen LogP contribution in [0, 0.1) is 19.3 Å². The van der Waals surface area contributed by atoms with Gasteiger partial charge in [0.25, 0.3) is 5.91 Å². The number of rotatable bonds is 6. The van der Waals surface area contributed by atoms with E-state index in [1.165, 1.54) is 11.3 Å². The van der Waals surface area contributed by atoms with Gasteiger partial charge in [0.2, 0.25) is 17.7 Å². The Kier molecular flexibility index (Phi) is 6.94. The van der Waals surface area contributed by atoms with E-state index in [4.69, 9.17) is 9.72 Å². The van der Waals surface area contributed by atoms with Crippen LogP contribution in [0.15, 0.2) is 54.7 Å². The van der Waals surface area contributed by atoms with Crippen molar-refractivity contribution in [1.29, 1.82) is 0 Å². The molecule has 0 aliphatic carbocycles. The molecule has 8 nitrogen and oxygen atoms in total. The number of nitrogens with one attached hydrogen (secondary N) is 1. The minimum absolute atomic E-state index is 0.0277. The lowest BCUT2D eigenvalue weighted by molar-refractivity contribution is -0.124. The van der Waals surface area contributed by atoms with Crippen LogP contribution in [-0.2, 0) is 4.79 Å². The molecule has 9 heteroatoms. The zero-order chi connectivity index (χ0) is 27.9. The quantitative estimate of drug-likeness (QED) is 0.312. The van der Waals surface area contributed by atoms with Gasteiger partial charge < -0.3 is 15.0 Å². The van der Waals surface area contributed by atoms with Crippen LogP contribution >= 0.6 is 11.3 Å². The number of ether oxygens (including phenoxy) is 1. The van der Waals surface area contributed by atoms with Gasteiger partial charge in [0, 0.05) is 58.5 Å². The van der Waals surface area contributed by atoms with E-state index in [-0.39, 0.29) is 17.7 Å². The summed E-state index contributed by atoms with van der Waals surface area (Å²) in [4.78, 5) is 42.6. The fourth-order valence-electron chi connectivity index (χ4n) is 4.74. The SMILES string of the molecule is CCN(C)C(=O)c1ccc(-c2ccc3c(n2)Oc2nc(C)ccc2[C@@H]3C(C)(C)C(=O)Nc2ncc(C)s2)cc1. The van der Waals surface area contributed by atoms with Crippen molar-refractivity contribution in [3.63, 3.8) is 0 Å². The molecule has 1 aliphatic rings. The first-order chi connectivity index (χ1) is 18.6. The summed E-state index contributed by atoms with van der Waals surface area (Å²) in [5.74, 6) is 0.339. The Morgan fingerprint density at radius 2 is 1.67 bits per heavy atom. The minimum atomic E-state index is -0.875.